The fourth-order valence-corrected chi connectivity index (χ4v) is 4.14. The Hall–Kier alpha value is -4.15. The lowest BCUT2D eigenvalue weighted by atomic mass is 10.1. The number of amides is 1. The molecule has 7 nitrogen and oxygen atoms in total. The van der Waals surface area contributed by atoms with E-state index in [4.69, 9.17) is 9.47 Å². The summed E-state index contributed by atoms with van der Waals surface area (Å²) in [4.78, 5) is 27.9. The Morgan fingerprint density at radius 3 is 2.11 bits per heavy atom. The minimum absolute atomic E-state index is 0.163. The molecule has 0 N–H and O–H groups in total. The Labute approximate surface area is 218 Å². The molecule has 0 aliphatic carbocycles. The lowest BCUT2D eigenvalue weighted by Crippen LogP contribution is -2.39. The number of rotatable bonds is 11. The number of aryl methyl sites for hydroxylation is 1. The first kappa shape index (κ1) is 27.4. The molecule has 1 heterocycles. The number of esters is 1. The Morgan fingerprint density at radius 2 is 1.59 bits per heavy atom. The van der Waals surface area contributed by atoms with Gasteiger partial charge in [0.15, 0.2) is 6.10 Å². The minimum Gasteiger partial charge on any atom is -0.448 e. The normalized spacial score (nSPS) is 12.0. The van der Waals surface area contributed by atoms with Crippen LogP contribution in [0.1, 0.15) is 35.0 Å². The van der Waals surface area contributed by atoms with Crippen molar-refractivity contribution in [2.75, 3.05) is 13.7 Å². The van der Waals surface area contributed by atoms with Crippen molar-refractivity contribution in [3.63, 3.8) is 0 Å². The van der Waals surface area contributed by atoms with E-state index in [1.54, 1.807) is 12.0 Å². The summed E-state index contributed by atoms with van der Waals surface area (Å²) in [6.45, 7) is 7.36. The van der Waals surface area contributed by atoms with Crippen LogP contribution < -0.4 is 0 Å². The Balaban J connectivity index is 1.77. The van der Waals surface area contributed by atoms with Crippen molar-refractivity contribution in [1.29, 1.82) is 5.26 Å². The molecule has 0 saturated heterocycles. The van der Waals surface area contributed by atoms with Crippen LogP contribution in [-0.4, -0.2) is 41.2 Å². The molecule has 0 radical (unpaired) electrons. The fourth-order valence-electron chi connectivity index (χ4n) is 4.14. The molecule has 0 spiro atoms. The van der Waals surface area contributed by atoms with Crippen LogP contribution >= 0.6 is 0 Å². The summed E-state index contributed by atoms with van der Waals surface area (Å²) < 4.78 is 12.7. The average molecular weight is 500 g/mol. The molecular weight excluding hydrogens is 466 g/mol. The summed E-state index contributed by atoms with van der Waals surface area (Å²) >= 11 is 0. The number of aromatic nitrogens is 1. The molecule has 2 aromatic carbocycles. The van der Waals surface area contributed by atoms with Gasteiger partial charge in [-0.1, -0.05) is 60.7 Å². The van der Waals surface area contributed by atoms with Gasteiger partial charge in [-0.15, -0.1) is 0 Å². The Bertz CT molecular complexity index is 1230. The van der Waals surface area contributed by atoms with Crippen molar-refractivity contribution in [1.82, 2.24) is 9.47 Å². The number of hydrogen-bond donors (Lipinski definition) is 0. The van der Waals surface area contributed by atoms with Gasteiger partial charge in [-0.2, -0.15) is 5.26 Å². The van der Waals surface area contributed by atoms with Crippen molar-refractivity contribution >= 4 is 18.0 Å². The molecule has 0 bridgehead atoms. The van der Waals surface area contributed by atoms with Gasteiger partial charge in [0.05, 0.1) is 6.61 Å². The molecule has 0 aliphatic heterocycles. The third-order valence-electron chi connectivity index (χ3n) is 6.15. The number of benzene rings is 2. The standard InChI is InChI=1S/C30H33N3O4/c1-22-17-27(23(2)33(22)15-16-36-4)18-28(19-31)30(35)37-24(3)29(34)32(20-25-11-7-5-8-12-25)21-26-13-9-6-10-14-26/h5-14,17-18,24H,15-16,20-21H2,1-4H3/b28-18+. The van der Waals surface area contributed by atoms with Gasteiger partial charge < -0.3 is 18.9 Å². The molecule has 1 atom stereocenters. The second kappa shape index (κ2) is 13.2. The van der Waals surface area contributed by atoms with E-state index in [1.807, 2.05) is 86.6 Å². The number of methoxy groups -OCH3 is 1. The van der Waals surface area contributed by atoms with Gasteiger partial charge in [-0.3, -0.25) is 4.79 Å². The molecule has 3 rings (SSSR count). The molecule has 1 aromatic heterocycles. The van der Waals surface area contributed by atoms with Crippen LogP contribution in [0.4, 0.5) is 0 Å². The Kier molecular flexibility index (Phi) is 9.82. The lowest BCUT2D eigenvalue weighted by Gasteiger charge is -2.26. The molecule has 1 amide bonds. The van der Waals surface area contributed by atoms with Crippen LogP contribution in [0.5, 0.6) is 0 Å². The van der Waals surface area contributed by atoms with Gasteiger partial charge in [0.2, 0.25) is 0 Å². The lowest BCUT2D eigenvalue weighted by molar-refractivity contribution is -0.156. The average Bonchev–Trinajstić information content (AvgIpc) is 3.17. The largest absolute Gasteiger partial charge is 0.448 e. The molecular formula is C30H33N3O4. The SMILES string of the molecule is COCCn1c(C)cc(/C=C(\C#N)C(=O)OC(C)C(=O)N(Cc2ccccc2)Cc2ccccc2)c1C. The maximum Gasteiger partial charge on any atom is 0.349 e. The maximum atomic E-state index is 13.4. The molecule has 0 fully saturated rings. The van der Waals surface area contributed by atoms with Crippen molar-refractivity contribution in [3.8, 4) is 6.07 Å². The highest BCUT2D eigenvalue weighted by molar-refractivity contribution is 5.99. The van der Waals surface area contributed by atoms with Gasteiger partial charge >= 0.3 is 5.97 Å². The number of hydrogen-bond acceptors (Lipinski definition) is 5. The predicted molar refractivity (Wildman–Crippen MR) is 142 cm³/mol. The summed E-state index contributed by atoms with van der Waals surface area (Å²) in [6, 6.07) is 23.1. The first-order valence-electron chi connectivity index (χ1n) is 12.2. The highest BCUT2D eigenvalue weighted by Crippen LogP contribution is 2.20. The molecule has 0 aliphatic rings. The van der Waals surface area contributed by atoms with Gasteiger partial charge in [-0.25, -0.2) is 4.79 Å². The van der Waals surface area contributed by atoms with Crippen molar-refractivity contribution in [3.05, 3.63) is 100 Å². The quantitative estimate of drug-likeness (QED) is 0.215. The summed E-state index contributed by atoms with van der Waals surface area (Å²) in [6.07, 6.45) is 0.447. The monoisotopic (exact) mass is 499 g/mol. The van der Waals surface area contributed by atoms with E-state index < -0.39 is 12.1 Å². The van der Waals surface area contributed by atoms with Gasteiger partial charge in [-0.05, 0) is 49.6 Å². The van der Waals surface area contributed by atoms with E-state index in [0.717, 1.165) is 28.1 Å². The molecule has 0 saturated carbocycles. The number of nitrogens with zero attached hydrogens (tertiary/aromatic N) is 3. The zero-order valence-corrected chi connectivity index (χ0v) is 21.8. The molecule has 37 heavy (non-hydrogen) atoms. The summed E-state index contributed by atoms with van der Waals surface area (Å²) in [5, 5.41) is 9.68. The first-order valence-corrected chi connectivity index (χ1v) is 12.2. The third kappa shape index (κ3) is 7.42. The van der Waals surface area contributed by atoms with Crippen LogP contribution in [0.15, 0.2) is 72.3 Å². The predicted octanol–water partition coefficient (Wildman–Crippen LogP) is 4.82. The van der Waals surface area contributed by atoms with Crippen molar-refractivity contribution in [2.24, 2.45) is 0 Å². The molecule has 3 aromatic rings. The number of carbonyl (C=O) groups is 2. The van der Waals surface area contributed by atoms with E-state index in [0.29, 0.717) is 26.2 Å². The fraction of sp³-hybridized carbons (Fsp3) is 0.300. The zero-order valence-electron chi connectivity index (χ0n) is 21.8. The van der Waals surface area contributed by atoms with Crippen LogP contribution in [0.25, 0.3) is 6.08 Å². The highest BCUT2D eigenvalue weighted by Gasteiger charge is 2.26. The third-order valence-corrected chi connectivity index (χ3v) is 6.15. The van der Waals surface area contributed by atoms with E-state index in [1.165, 1.54) is 13.0 Å². The van der Waals surface area contributed by atoms with Gasteiger partial charge in [0.1, 0.15) is 11.6 Å². The molecule has 1 unspecified atom stereocenters. The number of carbonyl (C=O) groups excluding carboxylic acids is 2. The van der Waals surface area contributed by atoms with Crippen molar-refractivity contribution in [2.45, 2.75) is 46.5 Å². The van der Waals surface area contributed by atoms with E-state index in [2.05, 4.69) is 4.57 Å². The van der Waals surface area contributed by atoms with Crippen LogP contribution in [0, 0.1) is 25.2 Å². The van der Waals surface area contributed by atoms with E-state index in [-0.39, 0.29) is 11.5 Å². The summed E-state index contributed by atoms with van der Waals surface area (Å²) in [7, 11) is 1.64. The number of nitriles is 1. The minimum atomic E-state index is -1.06. The smallest absolute Gasteiger partial charge is 0.349 e. The second-order valence-electron chi connectivity index (χ2n) is 8.85. The molecule has 192 valence electrons. The highest BCUT2D eigenvalue weighted by atomic mass is 16.5. The maximum absolute atomic E-state index is 13.4. The number of ether oxygens (including phenoxy) is 2. The van der Waals surface area contributed by atoms with Gasteiger partial charge in [0, 0.05) is 38.1 Å². The Morgan fingerprint density at radius 1 is 1.03 bits per heavy atom. The first-order chi connectivity index (χ1) is 17.8. The van der Waals surface area contributed by atoms with E-state index in [9.17, 15) is 14.9 Å². The van der Waals surface area contributed by atoms with Crippen LogP contribution in [0.3, 0.4) is 0 Å². The van der Waals surface area contributed by atoms with Crippen molar-refractivity contribution < 1.29 is 19.1 Å². The summed E-state index contributed by atoms with van der Waals surface area (Å²) in [5.74, 6) is -1.17. The summed E-state index contributed by atoms with van der Waals surface area (Å²) in [5.41, 5.74) is 4.42. The van der Waals surface area contributed by atoms with E-state index >= 15 is 0 Å². The van der Waals surface area contributed by atoms with Crippen LogP contribution in [0.2, 0.25) is 0 Å². The van der Waals surface area contributed by atoms with Gasteiger partial charge in [0.25, 0.3) is 5.91 Å². The zero-order chi connectivity index (χ0) is 26.8. The second-order valence-corrected chi connectivity index (χ2v) is 8.85. The topological polar surface area (TPSA) is 84.6 Å². The molecule has 7 heteroatoms. The van der Waals surface area contributed by atoms with Crippen LogP contribution in [-0.2, 0) is 38.7 Å².